The van der Waals surface area contributed by atoms with Crippen LogP contribution in [0.5, 0.6) is 0 Å². The zero-order valence-corrected chi connectivity index (χ0v) is 10.6. The van der Waals surface area contributed by atoms with Crippen molar-refractivity contribution in [3.8, 4) is 0 Å². The third kappa shape index (κ3) is 3.98. The molecule has 0 radical (unpaired) electrons. The van der Waals surface area contributed by atoms with Gasteiger partial charge in [0.1, 0.15) is 5.82 Å². The van der Waals surface area contributed by atoms with Crippen LogP contribution in [0.15, 0.2) is 18.2 Å². The average Bonchev–Trinajstić information content (AvgIpc) is 2.22. The molecule has 5 heteroatoms. The lowest BCUT2D eigenvalue weighted by atomic mass is 10.0. The second-order valence-corrected chi connectivity index (χ2v) is 4.65. The van der Waals surface area contributed by atoms with Crippen LogP contribution in [0.4, 0.5) is 4.39 Å². The molecule has 0 saturated carbocycles. The van der Waals surface area contributed by atoms with E-state index in [9.17, 15) is 9.18 Å². The van der Waals surface area contributed by atoms with E-state index in [1.165, 1.54) is 18.2 Å². The SMILES string of the molecule is CC(C)C(NCc1cc(F)ccc1Cl)C(N)=O. The van der Waals surface area contributed by atoms with Gasteiger partial charge in [-0.2, -0.15) is 0 Å². The van der Waals surface area contributed by atoms with Crippen LogP contribution < -0.4 is 11.1 Å². The van der Waals surface area contributed by atoms with Gasteiger partial charge in [0.2, 0.25) is 5.91 Å². The summed E-state index contributed by atoms with van der Waals surface area (Å²) in [6, 6.07) is 3.67. The number of carbonyl (C=O) groups excluding carboxylic acids is 1. The second kappa shape index (κ2) is 5.98. The van der Waals surface area contributed by atoms with E-state index in [1.54, 1.807) is 0 Å². The third-order valence-corrected chi connectivity index (χ3v) is 2.86. The highest BCUT2D eigenvalue weighted by molar-refractivity contribution is 6.31. The zero-order chi connectivity index (χ0) is 13.0. The maximum absolute atomic E-state index is 13.0. The van der Waals surface area contributed by atoms with Gasteiger partial charge in [0.05, 0.1) is 6.04 Å². The van der Waals surface area contributed by atoms with Crippen molar-refractivity contribution < 1.29 is 9.18 Å². The number of amides is 1. The molecule has 0 aliphatic carbocycles. The van der Waals surface area contributed by atoms with Crippen LogP contribution >= 0.6 is 11.6 Å². The Labute approximate surface area is 105 Å². The number of nitrogens with two attached hydrogens (primary N) is 1. The van der Waals surface area contributed by atoms with Crippen LogP contribution in [0.1, 0.15) is 19.4 Å². The van der Waals surface area contributed by atoms with Crippen molar-refractivity contribution in [3.63, 3.8) is 0 Å². The van der Waals surface area contributed by atoms with Crippen LogP contribution in [0.2, 0.25) is 5.02 Å². The van der Waals surface area contributed by atoms with E-state index in [2.05, 4.69) is 5.32 Å². The maximum Gasteiger partial charge on any atom is 0.234 e. The van der Waals surface area contributed by atoms with Gasteiger partial charge in [-0.05, 0) is 29.7 Å². The minimum Gasteiger partial charge on any atom is -0.368 e. The largest absolute Gasteiger partial charge is 0.368 e. The minimum atomic E-state index is -0.450. The Bertz CT molecular complexity index is 409. The van der Waals surface area contributed by atoms with Gasteiger partial charge in [0.25, 0.3) is 0 Å². The Kier molecular flexibility index (Phi) is 4.90. The van der Waals surface area contributed by atoms with Crippen LogP contribution in [-0.4, -0.2) is 11.9 Å². The summed E-state index contributed by atoms with van der Waals surface area (Å²) in [5.74, 6) is -0.710. The summed E-state index contributed by atoms with van der Waals surface area (Å²) >= 11 is 5.92. The van der Waals surface area contributed by atoms with Gasteiger partial charge in [-0.15, -0.1) is 0 Å². The number of hydrogen-bond acceptors (Lipinski definition) is 2. The lowest BCUT2D eigenvalue weighted by molar-refractivity contribution is -0.121. The minimum absolute atomic E-state index is 0.0693. The molecule has 0 fully saturated rings. The molecule has 1 unspecified atom stereocenters. The predicted molar refractivity (Wildman–Crippen MR) is 66.1 cm³/mol. The van der Waals surface area contributed by atoms with Crippen molar-refractivity contribution in [1.82, 2.24) is 5.32 Å². The van der Waals surface area contributed by atoms with E-state index in [-0.39, 0.29) is 11.7 Å². The molecule has 0 aromatic heterocycles. The normalized spacial score (nSPS) is 12.8. The highest BCUT2D eigenvalue weighted by atomic mass is 35.5. The summed E-state index contributed by atoms with van der Waals surface area (Å²) < 4.78 is 13.0. The fraction of sp³-hybridized carbons (Fsp3) is 0.417. The van der Waals surface area contributed by atoms with E-state index < -0.39 is 11.9 Å². The highest BCUT2D eigenvalue weighted by Gasteiger charge is 2.18. The first-order chi connectivity index (χ1) is 7.91. The molecule has 1 amide bonds. The summed E-state index contributed by atoms with van der Waals surface area (Å²) in [4.78, 5) is 11.2. The number of nitrogens with one attached hydrogen (secondary N) is 1. The van der Waals surface area contributed by atoms with E-state index in [0.717, 1.165) is 0 Å². The number of rotatable bonds is 5. The average molecular weight is 259 g/mol. The van der Waals surface area contributed by atoms with Crippen molar-refractivity contribution >= 4 is 17.5 Å². The maximum atomic E-state index is 13.0. The van der Waals surface area contributed by atoms with Gasteiger partial charge in [-0.25, -0.2) is 4.39 Å². The fourth-order valence-electron chi connectivity index (χ4n) is 1.56. The Hall–Kier alpha value is -1.13. The van der Waals surface area contributed by atoms with Crippen LogP contribution in [0, 0.1) is 11.7 Å². The molecular weight excluding hydrogens is 243 g/mol. The number of benzene rings is 1. The molecule has 17 heavy (non-hydrogen) atoms. The summed E-state index contributed by atoms with van der Waals surface area (Å²) in [5.41, 5.74) is 5.87. The Morgan fingerprint density at radius 2 is 2.18 bits per heavy atom. The molecule has 3 N–H and O–H groups in total. The van der Waals surface area contributed by atoms with E-state index in [0.29, 0.717) is 17.1 Å². The van der Waals surface area contributed by atoms with Gasteiger partial charge in [-0.3, -0.25) is 4.79 Å². The van der Waals surface area contributed by atoms with Crippen LogP contribution in [0.3, 0.4) is 0 Å². The third-order valence-electron chi connectivity index (χ3n) is 2.49. The summed E-state index contributed by atoms with van der Waals surface area (Å²) in [6.45, 7) is 4.08. The fourth-order valence-corrected chi connectivity index (χ4v) is 1.75. The van der Waals surface area contributed by atoms with Gasteiger partial charge in [0, 0.05) is 11.6 Å². The highest BCUT2D eigenvalue weighted by Crippen LogP contribution is 2.17. The number of hydrogen-bond donors (Lipinski definition) is 2. The second-order valence-electron chi connectivity index (χ2n) is 4.24. The topological polar surface area (TPSA) is 55.1 Å². The standard InChI is InChI=1S/C12H16ClFN2O/c1-7(2)11(12(15)17)16-6-8-5-9(14)3-4-10(8)13/h3-5,7,11,16H,6H2,1-2H3,(H2,15,17). The Morgan fingerprint density at radius 1 is 1.53 bits per heavy atom. The molecule has 0 heterocycles. The molecule has 0 aliphatic rings. The van der Waals surface area contributed by atoms with Crippen molar-refractivity contribution in [2.75, 3.05) is 0 Å². The smallest absolute Gasteiger partial charge is 0.234 e. The first-order valence-electron chi connectivity index (χ1n) is 5.38. The Balaban J connectivity index is 2.72. The summed E-state index contributed by atoms with van der Waals surface area (Å²) in [5, 5.41) is 3.44. The predicted octanol–water partition coefficient (Wildman–Crippen LogP) is 2.08. The first-order valence-corrected chi connectivity index (χ1v) is 5.76. The van der Waals surface area contributed by atoms with Crippen molar-refractivity contribution in [2.45, 2.75) is 26.4 Å². The molecule has 1 aromatic carbocycles. The molecule has 1 aromatic rings. The van der Waals surface area contributed by atoms with Crippen LogP contribution in [-0.2, 0) is 11.3 Å². The molecule has 94 valence electrons. The molecule has 3 nitrogen and oxygen atoms in total. The molecular formula is C12H16ClFN2O. The van der Waals surface area contributed by atoms with Gasteiger partial charge < -0.3 is 11.1 Å². The van der Waals surface area contributed by atoms with Crippen molar-refractivity contribution in [2.24, 2.45) is 11.7 Å². The molecule has 0 aliphatic heterocycles. The summed E-state index contributed by atoms with van der Waals surface area (Å²) in [6.07, 6.45) is 0. The Morgan fingerprint density at radius 3 is 2.71 bits per heavy atom. The van der Waals surface area contributed by atoms with E-state index >= 15 is 0 Å². The molecule has 0 spiro atoms. The first kappa shape index (κ1) is 13.9. The monoisotopic (exact) mass is 258 g/mol. The van der Waals surface area contributed by atoms with Crippen LogP contribution in [0.25, 0.3) is 0 Å². The van der Waals surface area contributed by atoms with Crippen molar-refractivity contribution in [3.05, 3.63) is 34.6 Å². The van der Waals surface area contributed by atoms with Gasteiger partial charge in [0.15, 0.2) is 0 Å². The molecule has 0 bridgehead atoms. The number of primary amides is 1. The van der Waals surface area contributed by atoms with Crippen molar-refractivity contribution in [1.29, 1.82) is 0 Å². The van der Waals surface area contributed by atoms with Gasteiger partial charge in [-0.1, -0.05) is 25.4 Å². The van der Waals surface area contributed by atoms with Gasteiger partial charge >= 0.3 is 0 Å². The molecule has 1 atom stereocenters. The molecule has 0 saturated heterocycles. The number of carbonyl (C=O) groups is 1. The lowest BCUT2D eigenvalue weighted by Crippen LogP contribution is -2.44. The quantitative estimate of drug-likeness (QED) is 0.850. The molecule has 1 rings (SSSR count). The van der Waals surface area contributed by atoms with E-state index in [1.807, 2.05) is 13.8 Å². The summed E-state index contributed by atoms with van der Waals surface area (Å²) in [7, 11) is 0. The zero-order valence-electron chi connectivity index (χ0n) is 9.84. The lowest BCUT2D eigenvalue weighted by Gasteiger charge is -2.19. The van der Waals surface area contributed by atoms with E-state index in [4.69, 9.17) is 17.3 Å². The number of halogens is 2.